The number of aliphatic imine (C=N–C) groups is 1. The Bertz CT molecular complexity index is 630. The molecule has 0 bridgehead atoms. The van der Waals surface area contributed by atoms with Crippen molar-refractivity contribution in [3.05, 3.63) is 41.7 Å². The van der Waals surface area contributed by atoms with Crippen molar-refractivity contribution < 1.29 is 9.13 Å². The largest absolute Gasteiger partial charge is 0.377 e. The van der Waals surface area contributed by atoms with Gasteiger partial charge in [-0.15, -0.1) is 24.0 Å². The van der Waals surface area contributed by atoms with Crippen LogP contribution < -0.4 is 10.2 Å². The van der Waals surface area contributed by atoms with Gasteiger partial charge in [-0.2, -0.15) is 0 Å². The smallest absolute Gasteiger partial charge is 0.193 e. The van der Waals surface area contributed by atoms with Gasteiger partial charge in [0.15, 0.2) is 5.96 Å². The highest BCUT2D eigenvalue weighted by Crippen LogP contribution is 2.20. The summed E-state index contributed by atoms with van der Waals surface area (Å²) in [6.07, 6.45) is 4.24. The van der Waals surface area contributed by atoms with Gasteiger partial charge in [-0.05, 0) is 25.0 Å². The Morgan fingerprint density at radius 3 is 2.65 bits per heavy atom. The van der Waals surface area contributed by atoms with Gasteiger partial charge in [0.2, 0.25) is 0 Å². The van der Waals surface area contributed by atoms with E-state index in [4.69, 9.17) is 4.74 Å². The lowest BCUT2D eigenvalue weighted by molar-refractivity contribution is 0.153. The quantitative estimate of drug-likeness (QED) is 0.316. The Hall–Kier alpha value is -1.35. The summed E-state index contributed by atoms with van der Waals surface area (Å²) in [6, 6.07) is 6.98. The number of rotatable bonds is 4. The molecule has 0 radical (unpaired) electrons. The summed E-state index contributed by atoms with van der Waals surface area (Å²) in [4.78, 5) is 8.75. The molecule has 1 aromatic rings. The summed E-state index contributed by atoms with van der Waals surface area (Å²) in [6.45, 7) is 5.72. The number of nitrogens with one attached hydrogen (secondary N) is 1. The van der Waals surface area contributed by atoms with E-state index in [1.807, 2.05) is 19.2 Å². The molecule has 1 N–H and O–H groups in total. The van der Waals surface area contributed by atoms with Crippen molar-refractivity contribution in [3.8, 4) is 0 Å². The molecule has 7 heteroatoms. The molecule has 1 fully saturated rings. The van der Waals surface area contributed by atoms with Crippen LogP contribution in [0.5, 0.6) is 0 Å². The predicted molar refractivity (Wildman–Crippen MR) is 115 cm³/mol. The summed E-state index contributed by atoms with van der Waals surface area (Å²) in [7, 11) is 1.82. The van der Waals surface area contributed by atoms with Gasteiger partial charge in [-0.1, -0.05) is 23.8 Å². The molecule has 0 unspecified atom stereocenters. The molecule has 2 aliphatic rings. The molecule has 0 saturated carbocycles. The van der Waals surface area contributed by atoms with Crippen molar-refractivity contribution in [1.82, 2.24) is 10.2 Å². The van der Waals surface area contributed by atoms with E-state index in [1.54, 1.807) is 6.07 Å². The van der Waals surface area contributed by atoms with E-state index < -0.39 is 0 Å². The number of piperazine rings is 1. The minimum absolute atomic E-state index is 0. The minimum atomic E-state index is -0.150. The van der Waals surface area contributed by atoms with Crippen LogP contribution in [-0.4, -0.2) is 63.8 Å². The molecule has 0 aliphatic carbocycles. The maximum Gasteiger partial charge on any atom is 0.193 e. The third-order valence-corrected chi connectivity index (χ3v) is 4.77. The number of para-hydroxylation sites is 1. The molecule has 0 amide bonds. The highest BCUT2D eigenvalue weighted by atomic mass is 127. The number of hydrogen-bond donors (Lipinski definition) is 1. The fraction of sp³-hybridized carbons (Fsp3) is 0.526. The van der Waals surface area contributed by atoms with Gasteiger partial charge in [-0.3, -0.25) is 4.99 Å². The van der Waals surface area contributed by atoms with Gasteiger partial charge >= 0.3 is 0 Å². The van der Waals surface area contributed by atoms with Crippen LogP contribution in [0.25, 0.3) is 0 Å². The SMILES string of the molecule is CN=C(NCCC1=CCOCC1)N1CCN(c2ccccc2F)CC1.I. The normalized spacial score (nSPS) is 18.2. The van der Waals surface area contributed by atoms with Crippen molar-refractivity contribution in [3.63, 3.8) is 0 Å². The van der Waals surface area contributed by atoms with Gasteiger partial charge in [0, 0.05) is 39.8 Å². The first-order chi connectivity index (χ1) is 12.3. The summed E-state index contributed by atoms with van der Waals surface area (Å²) in [5.41, 5.74) is 2.15. The lowest BCUT2D eigenvalue weighted by atomic mass is 10.1. The van der Waals surface area contributed by atoms with Crippen molar-refractivity contribution in [2.75, 3.05) is 57.9 Å². The lowest BCUT2D eigenvalue weighted by Gasteiger charge is -2.37. The number of ether oxygens (including phenoxy) is 1. The fourth-order valence-corrected chi connectivity index (χ4v) is 3.33. The molecule has 26 heavy (non-hydrogen) atoms. The van der Waals surface area contributed by atoms with Gasteiger partial charge in [-0.25, -0.2) is 4.39 Å². The van der Waals surface area contributed by atoms with Gasteiger partial charge in [0.05, 0.1) is 18.9 Å². The van der Waals surface area contributed by atoms with E-state index in [9.17, 15) is 4.39 Å². The zero-order valence-corrected chi connectivity index (χ0v) is 17.6. The number of anilines is 1. The molecule has 0 spiro atoms. The summed E-state index contributed by atoms with van der Waals surface area (Å²) < 4.78 is 19.3. The van der Waals surface area contributed by atoms with Crippen molar-refractivity contribution in [2.24, 2.45) is 4.99 Å². The second-order valence-electron chi connectivity index (χ2n) is 6.34. The third kappa shape index (κ3) is 5.57. The molecule has 1 aromatic carbocycles. The van der Waals surface area contributed by atoms with E-state index in [0.29, 0.717) is 5.69 Å². The van der Waals surface area contributed by atoms with Crippen LogP contribution in [0.1, 0.15) is 12.8 Å². The minimum Gasteiger partial charge on any atom is -0.377 e. The summed E-state index contributed by atoms with van der Waals surface area (Å²) in [5, 5.41) is 3.45. The van der Waals surface area contributed by atoms with Crippen molar-refractivity contribution >= 4 is 35.6 Å². The highest BCUT2D eigenvalue weighted by Gasteiger charge is 2.21. The van der Waals surface area contributed by atoms with E-state index in [0.717, 1.165) is 64.7 Å². The van der Waals surface area contributed by atoms with Crippen molar-refractivity contribution in [1.29, 1.82) is 0 Å². The number of nitrogens with zero attached hydrogens (tertiary/aromatic N) is 3. The van der Waals surface area contributed by atoms with E-state index >= 15 is 0 Å². The molecule has 5 nitrogen and oxygen atoms in total. The van der Waals surface area contributed by atoms with Crippen LogP contribution in [0.3, 0.4) is 0 Å². The average molecular weight is 474 g/mol. The molecule has 0 atom stereocenters. The number of hydrogen-bond acceptors (Lipinski definition) is 3. The monoisotopic (exact) mass is 474 g/mol. The van der Waals surface area contributed by atoms with Gasteiger partial charge in [0.1, 0.15) is 5.82 Å². The number of benzene rings is 1. The molecule has 3 rings (SSSR count). The first-order valence-electron chi connectivity index (χ1n) is 8.98. The molecular formula is C19H28FIN4O. The molecule has 2 aliphatic heterocycles. The topological polar surface area (TPSA) is 40.1 Å². The van der Waals surface area contributed by atoms with Gasteiger partial charge < -0.3 is 19.9 Å². The zero-order chi connectivity index (χ0) is 17.5. The second-order valence-corrected chi connectivity index (χ2v) is 6.34. The Kier molecular flexibility index (Phi) is 8.64. The Morgan fingerprint density at radius 1 is 1.23 bits per heavy atom. The van der Waals surface area contributed by atoms with Crippen LogP contribution in [0.4, 0.5) is 10.1 Å². The van der Waals surface area contributed by atoms with Crippen LogP contribution in [0.15, 0.2) is 40.9 Å². The highest BCUT2D eigenvalue weighted by molar-refractivity contribution is 14.0. The maximum absolute atomic E-state index is 13.9. The van der Waals surface area contributed by atoms with Crippen molar-refractivity contribution in [2.45, 2.75) is 12.8 Å². The molecular weight excluding hydrogens is 446 g/mol. The summed E-state index contributed by atoms with van der Waals surface area (Å²) in [5.74, 6) is 0.782. The number of halogens is 2. The first kappa shape index (κ1) is 21.0. The van der Waals surface area contributed by atoms with E-state index in [-0.39, 0.29) is 29.8 Å². The third-order valence-electron chi connectivity index (χ3n) is 4.77. The average Bonchev–Trinajstić information content (AvgIpc) is 2.67. The fourth-order valence-electron chi connectivity index (χ4n) is 3.33. The molecule has 2 heterocycles. The Balaban J connectivity index is 0.00000243. The second kappa shape index (κ2) is 10.7. The molecule has 0 aromatic heterocycles. The Labute approximate surface area is 172 Å². The molecule has 144 valence electrons. The van der Waals surface area contributed by atoms with Crippen LogP contribution >= 0.6 is 24.0 Å². The van der Waals surface area contributed by atoms with E-state index in [2.05, 4.69) is 26.2 Å². The maximum atomic E-state index is 13.9. The standard InChI is InChI=1S/C19H27FN4O.HI/c1-21-19(22-9-6-16-7-14-25-15-8-16)24-12-10-23(11-13-24)18-5-3-2-4-17(18)20;/h2-5,7H,6,8-15H2,1H3,(H,21,22);1H. The first-order valence-corrected chi connectivity index (χ1v) is 8.98. The van der Waals surface area contributed by atoms with E-state index in [1.165, 1.54) is 11.6 Å². The van der Waals surface area contributed by atoms with Crippen LogP contribution in [0.2, 0.25) is 0 Å². The number of guanidine groups is 1. The predicted octanol–water partition coefficient (Wildman–Crippen LogP) is 2.88. The molecule has 1 saturated heterocycles. The van der Waals surface area contributed by atoms with Crippen LogP contribution in [0, 0.1) is 5.82 Å². The zero-order valence-electron chi connectivity index (χ0n) is 15.3. The summed E-state index contributed by atoms with van der Waals surface area (Å²) >= 11 is 0. The Morgan fingerprint density at radius 2 is 2.00 bits per heavy atom. The lowest BCUT2D eigenvalue weighted by Crippen LogP contribution is -2.52. The van der Waals surface area contributed by atoms with Crippen LogP contribution in [-0.2, 0) is 4.74 Å². The van der Waals surface area contributed by atoms with Gasteiger partial charge in [0.25, 0.3) is 0 Å².